The van der Waals surface area contributed by atoms with E-state index in [-0.39, 0.29) is 15.7 Å². The lowest BCUT2D eigenvalue weighted by atomic mass is 10.1. The SMILES string of the molecule is O=[N+]([O-])c1cc(C(O)C(F)F)ccc1Br. The van der Waals surface area contributed by atoms with E-state index in [2.05, 4.69) is 15.9 Å². The molecule has 4 nitrogen and oxygen atoms in total. The fourth-order valence-electron chi connectivity index (χ4n) is 0.999. The molecule has 0 saturated carbocycles. The first kappa shape index (κ1) is 12.0. The highest BCUT2D eigenvalue weighted by Gasteiger charge is 2.22. The number of benzene rings is 1. The van der Waals surface area contributed by atoms with E-state index >= 15 is 0 Å². The molecular weight excluding hydrogens is 276 g/mol. The van der Waals surface area contributed by atoms with Gasteiger partial charge in [-0.05, 0) is 27.6 Å². The van der Waals surface area contributed by atoms with Crippen molar-refractivity contribution in [2.75, 3.05) is 0 Å². The molecule has 0 radical (unpaired) electrons. The minimum atomic E-state index is -2.97. The molecule has 0 heterocycles. The van der Waals surface area contributed by atoms with Gasteiger partial charge in [0, 0.05) is 6.07 Å². The van der Waals surface area contributed by atoms with Gasteiger partial charge in [0.05, 0.1) is 9.40 Å². The molecule has 0 spiro atoms. The van der Waals surface area contributed by atoms with Crippen molar-refractivity contribution in [2.24, 2.45) is 0 Å². The highest BCUT2D eigenvalue weighted by molar-refractivity contribution is 9.10. The van der Waals surface area contributed by atoms with Gasteiger partial charge in [0.15, 0.2) is 0 Å². The van der Waals surface area contributed by atoms with Crippen LogP contribution in [0, 0.1) is 10.1 Å². The topological polar surface area (TPSA) is 63.4 Å². The van der Waals surface area contributed by atoms with Gasteiger partial charge in [-0.2, -0.15) is 0 Å². The van der Waals surface area contributed by atoms with Crippen LogP contribution in [0.2, 0.25) is 0 Å². The Morgan fingerprint density at radius 2 is 2.07 bits per heavy atom. The number of nitro groups is 1. The predicted molar refractivity (Wildman–Crippen MR) is 51.8 cm³/mol. The highest BCUT2D eigenvalue weighted by atomic mass is 79.9. The largest absolute Gasteiger partial charge is 0.382 e. The lowest BCUT2D eigenvalue weighted by molar-refractivity contribution is -0.385. The molecule has 0 amide bonds. The molecule has 1 rings (SSSR count). The number of nitrogens with zero attached hydrogens (tertiary/aromatic N) is 1. The summed E-state index contributed by atoms with van der Waals surface area (Å²) in [7, 11) is 0. The molecule has 0 saturated heterocycles. The van der Waals surface area contributed by atoms with Gasteiger partial charge in [-0.3, -0.25) is 10.1 Å². The second-order valence-corrected chi connectivity index (χ2v) is 3.60. The minimum Gasteiger partial charge on any atom is -0.382 e. The van der Waals surface area contributed by atoms with Gasteiger partial charge >= 0.3 is 0 Å². The van der Waals surface area contributed by atoms with Crippen LogP contribution in [-0.4, -0.2) is 16.5 Å². The second kappa shape index (κ2) is 4.63. The van der Waals surface area contributed by atoms with E-state index in [4.69, 9.17) is 5.11 Å². The highest BCUT2D eigenvalue weighted by Crippen LogP contribution is 2.29. The normalized spacial score (nSPS) is 12.9. The van der Waals surface area contributed by atoms with Gasteiger partial charge in [0.2, 0.25) is 0 Å². The third-order valence-corrected chi connectivity index (χ3v) is 2.42. The van der Waals surface area contributed by atoms with Crippen LogP contribution in [0.4, 0.5) is 14.5 Å². The number of hydrogen-bond donors (Lipinski definition) is 1. The molecule has 15 heavy (non-hydrogen) atoms. The van der Waals surface area contributed by atoms with Crippen molar-refractivity contribution in [3.05, 3.63) is 38.3 Å². The third kappa shape index (κ3) is 2.69. The van der Waals surface area contributed by atoms with Crippen LogP contribution >= 0.6 is 15.9 Å². The monoisotopic (exact) mass is 281 g/mol. The average molecular weight is 282 g/mol. The van der Waals surface area contributed by atoms with Crippen molar-refractivity contribution in [2.45, 2.75) is 12.5 Å². The molecule has 1 N–H and O–H groups in total. The van der Waals surface area contributed by atoms with E-state index in [1.54, 1.807) is 0 Å². The van der Waals surface area contributed by atoms with Crippen molar-refractivity contribution in [1.82, 2.24) is 0 Å². The fraction of sp³-hybridized carbons (Fsp3) is 0.250. The van der Waals surface area contributed by atoms with E-state index < -0.39 is 17.5 Å². The Morgan fingerprint density at radius 3 is 2.53 bits per heavy atom. The molecule has 0 aliphatic carbocycles. The van der Waals surface area contributed by atoms with Gasteiger partial charge in [-0.15, -0.1) is 0 Å². The molecule has 1 aromatic carbocycles. The first-order valence-corrected chi connectivity index (χ1v) is 4.63. The summed E-state index contributed by atoms with van der Waals surface area (Å²) < 4.78 is 24.4. The number of rotatable bonds is 3. The Balaban J connectivity index is 3.13. The van der Waals surface area contributed by atoms with E-state index in [1.807, 2.05) is 0 Å². The van der Waals surface area contributed by atoms with Crippen LogP contribution in [0.3, 0.4) is 0 Å². The van der Waals surface area contributed by atoms with Crippen LogP contribution < -0.4 is 0 Å². The van der Waals surface area contributed by atoms with Gasteiger partial charge in [-0.25, -0.2) is 8.78 Å². The maximum Gasteiger partial charge on any atom is 0.283 e. The molecule has 1 aromatic rings. The lowest BCUT2D eigenvalue weighted by Crippen LogP contribution is -2.08. The van der Waals surface area contributed by atoms with Crippen LogP contribution in [0.5, 0.6) is 0 Å². The summed E-state index contributed by atoms with van der Waals surface area (Å²) in [5, 5.41) is 19.5. The molecule has 0 aliphatic heterocycles. The number of alkyl halides is 2. The summed E-state index contributed by atoms with van der Waals surface area (Å²) in [4.78, 5) is 9.76. The Labute approximate surface area is 91.8 Å². The lowest BCUT2D eigenvalue weighted by Gasteiger charge is -2.09. The molecule has 1 atom stereocenters. The standard InChI is InChI=1S/C8H6BrF2NO3/c9-5-2-1-4(7(13)8(10)11)3-6(5)12(14)15/h1-3,7-8,13H. The van der Waals surface area contributed by atoms with Crippen molar-refractivity contribution < 1.29 is 18.8 Å². The first-order valence-electron chi connectivity index (χ1n) is 3.83. The summed E-state index contributed by atoms with van der Waals surface area (Å²) >= 11 is 2.91. The third-order valence-electron chi connectivity index (χ3n) is 1.75. The van der Waals surface area contributed by atoms with Crippen LogP contribution in [-0.2, 0) is 0 Å². The number of halogens is 3. The second-order valence-electron chi connectivity index (χ2n) is 2.75. The summed E-state index contributed by atoms with van der Waals surface area (Å²) in [5.74, 6) is 0. The van der Waals surface area contributed by atoms with Gasteiger partial charge in [0.1, 0.15) is 6.10 Å². The Bertz CT molecular complexity index is 386. The average Bonchev–Trinajstić information content (AvgIpc) is 2.16. The molecule has 0 aromatic heterocycles. The van der Waals surface area contributed by atoms with Gasteiger partial charge in [0.25, 0.3) is 12.1 Å². The Morgan fingerprint density at radius 1 is 1.47 bits per heavy atom. The smallest absolute Gasteiger partial charge is 0.283 e. The van der Waals surface area contributed by atoms with Crippen molar-refractivity contribution in [3.8, 4) is 0 Å². The van der Waals surface area contributed by atoms with Gasteiger partial charge in [-0.1, -0.05) is 6.07 Å². The van der Waals surface area contributed by atoms with Crippen LogP contribution in [0.15, 0.2) is 22.7 Å². The van der Waals surface area contributed by atoms with Crippen molar-refractivity contribution >= 4 is 21.6 Å². The molecule has 0 fully saturated rings. The zero-order chi connectivity index (χ0) is 11.6. The van der Waals surface area contributed by atoms with Crippen molar-refractivity contribution in [1.29, 1.82) is 0 Å². The molecule has 82 valence electrons. The van der Waals surface area contributed by atoms with E-state index in [9.17, 15) is 18.9 Å². The number of nitro benzene ring substituents is 1. The molecule has 1 unspecified atom stereocenters. The van der Waals surface area contributed by atoms with E-state index in [1.165, 1.54) is 12.1 Å². The quantitative estimate of drug-likeness (QED) is 0.684. The van der Waals surface area contributed by atoms with Crippen molar-refractivity contribution in [3.63, 3.8) is 0 Å². The molecule has 0 aliphatic rings. The predicted octanol–water partition coefficient (Wildman–Crippen LogP) is 2.66. The first-order chi connectivity index (χ1) is 6.93. The number of hydrogen-bond acceptors (Lipinski definition) is 3. The van der Waals surface area contributed by atoms with Crippen LogP contribution in [0.1, 0.15) is 11.7 Å². The molecular formula is C8H6BrF2NO3. The van der Waals surface area contributed by atoms with E-state index in [0.717, 1.165) is 6.07 Å². The Kier molecular flexibility index (Phi) is 3.70. The number of aliphatic hydroxyl groups excluding tert-OH is 1. The maximum absolute atomic E-state index is 12.1. The zero-order valence-corrected chi connectivity index (χ0v) is 8.82. The summed E-state index contributed by atoms with van der Waals surface area (Å²) in [6.07, 6.45) is -4.97. The Hall–Kier alpha value is -1.08. The molecule has 7 heteroatoms. The summed E-state index contributed by atoms with van der Waals surface area (Å²) in [6.45, 7) is 0. The fourth-order valence-corrected chi connectivity index (χ4v) is 1.39. The minimum absolute atomic E-state index is 0.178. The van der Waals surface area contributed by atoms with Gasteiger partial charge < -0.3 is 5.11 Å². The maximum atomic E-state index is 12.1. The van der Waals surface area contributed by atoms with E-state index in [0.29, 0.717) is 0 Å². The summed E-state index contributed by atoms with van der Waals surface area (Å²) in [5.41, 5.74) is -0.535. The zero-order valence-electron chi connectivity index (χ0n) is 7.23. The summed E-state index contributed by atoms with van der Waals surface area (Å²) in [6, 6.07) is 3.37. The number of aliphatic hydroxyl groups is 1. The molecule has 0 bridgehead atoms. The van der Waals surface area contributed by atoms with Crippen LogP contribution in [0.25, 0.3) is 0 Å².